The molecule has 2 aromatic rings. The molecule has 2 fully saturated rings. The number of carbonyl (C=O) groups excluding carboxylic acids is 1. The Hall–Kier alpha value is -2.37. The molecule has 0 N–H and O–H groups in total. The molecule has 6 heteroatoms. The van der Waals surface area contributed by atoms with Crippen LogP contribution in [0.4, 0.5) is 4.39 Å². The van der Waals surface area contributed by atoms with Crippen LogP contribution < -0.4 is 4.74 Å². The zero-order chi connectivity index (χ0) is 18.6. The van der Waals surface area contributed by atoms with Crippen molar-refractivity contribution in [2.24, 2.45) is 5.92 Å². The first-order valence-corrected chi connectivity index (χ1v) is 9.86. The zero-order valence-corrected chi connectivity index (χ0v) is 15.5. The predicted octanol–water partition coefficient (Wildman–Crippen LogP) is 3.61. The number of piperidine rings is 1. The molecule has 2 aliphatic rings. The summed E-state index contributed by atoms with van der Waals surface area (Å²) in [5.74, 6) is 2.34. The van der Waals surface area contributed by atoms with Crippen molar-refractivity contribution in [3.63, 3.8) is 0 Å². The SMILES string of the molecule is O=C(COc1ccc(F)cc1)N1CCC[C@@H](c2nccn2CC2CCC2)C1. The van der Waals surface area contributed by atoms with Crippen LogP contribution in [-0.2, 0) is 11.3 Å². The van der Waals surface area contributed by atoms with Gasteiger partial charge in [-0.2, -0.15) is 0 Å². The van der Waals surface area contributed by atoms with E-state index >= 15 is 0 Å². The number of hydrogen-bond donors (Lipinski definition) is 0. The number of rotatable bonds is 6. The molecule has 5 nitrogen and oxygen atoms in total. The number of carbonyl (C=O) groups is 1. The van der Waals surface area contributed by atoms with E-state index in [0.29, 0.717) is 12.3 Å². The van der Waals surface area contributed by atoms with Gasteiger partial charge in [-0.25, -0.2) is 9.37 Å². The van der Waals surface area contributed by atoms with E-state index < -0.39 is 0 Å². The Labute approximate surface area is 159 Å². The third kappa shape index (κ3) is 4.31. The summed E-state index contributed by atoms with van der Waals surface area (Å²) in [6, 6.07) is 5.75. The normalized spacial score (nSPS) is 20.3. The Morgan fingerprint density at radius 1 is 1.19 bits per heavy atom. The second-order valence-corrected chi connectivity index (χ2v) is 7.66. The summed E-state index contributed by atoms with van der Waals surface area (Å²) in [6.07, 6.45) is 9.96. The van der Waals surface area contributed by atoms with Crippen molar-refractivity contribution in [3.8, 4) is 5.75 Å². The molecule has 27 heavy (non-hydrogen) atoms. The third-order valence-corrected chi connectivity index (χ3v) is 5.74. The van der Waals surface area contributed by atoms with Gasteiger partial charge in [-0.3, -0.25) is 4.79 Å². The van der Waals surface area contributed by atoms with Crippen LogP contribution in [0.5, 0.6) is 5.75 Å². The van der Waals surface area contributed by atoms with Crippen molar-refractivity contribution >= 4 is 5.91 Å². The number of aromatic nitrogens is 2. The number of nitrogens with zero attached hydrogens (tertiary/aromatic N) is 3. The van der Waals surface area contributed by atoms with Gasteiger partial charge < -0.3 is 14.2 Å². The van der Waals surface area contributed by atoms with Crippen LogP contribution in [0.25, 0.3) is 0 Å². The maximum absolute atomic E-state index is 13.0. The Morgan fingerprint density at radius 3 is 2.74 bits per heavy atom. The molecule has 0 unspecified atom stereocenters. The second-order valence-electron chi connectivity index (χ2n) is 7.66. The molecule has 0 radical (unpaired) electrons. The van der Waals surface area contributed by atoms with E-state index in [1.807, 2.05) is 11.1 Å². The molecule has 1 aliphatic heterocycles. The number of imidazole rings is 1. The monoisotopic (exact) mass is 371 g/mol. The highest BCUT2D eigenvalue weighted by Crippen LogP contribution is 2.31. The van der Waals surface area contributed by atoms with Crippen LogP contribution in [0.3, 0.4) is 0 Å². The first-order chi connectivity index (χ1) is 13.2. The maximum Gasteiger partial charge on any atom is 0.260 e. The minimum atomic E-state index is -0.315. The van der Waals surface area contributed by atoms with E-state index in [4.69, 9.17) is 4.74 Å². The maximum atomic E-state index is 13.0. The highest BCUT2D eigenvalue weighted by molar-refractivity contribution is 5.78. The summed E-state index contributed by atoms with van der Waals surface area (Å²) in [4.78, 5) is 19.1. The minimum Gasteiger partial charge on any atom is -0.484 e. The summed E-state index contributed by atoms with van der Waals surface area (Å²) in [5.41, 5.74) is 0. The minimum absolute atomic E-state index is 0.0190. The molecule has 0 spiro atoms. The lowest BCUT2D eigenvalue weighted by molar-refractivity contribution is -0.134. The quantitative estimate of drug-likeness (QED) is 0.779. The summed E-state index contributed by atoms with van der Waals surface area (Å²) in [7, 11) is 0. The molecule has 0 bridgehead atoms. The van der Waals surface area contributed by atoms with Crippen LogP contribution in [0.1, 0.15) is 43.8 Å². The summed E-state index contributed by atoms with van der Waals surface area (Å²) >= 11 is 0. The van der Waals surface area contributed by atoms with E-state index in [9.17, 15) is 9.18 Å². The van der Waals surface area contributed by atoms with Crippen molar-refractivity contribution in [3.05, 3.63) is 48.3 Å². The van der Waals surface area contributed by atoms with Gasteiger partial charge in [0, 0.05) is 37.9 Å². The number of amides is 1. The standard InChI is InChI=1S/C21H26FN3O2/c22-18-6-8-19(9-7-18)27-15-20(26)24-11-2-5-17(14-24)21-23-10-12-25(21)13-16-3-1-4-16/h6-10,12,16-17H,1-5,11,13-15H2/t17-/m1/s1. The smallest absolute Gasteiger partial charge is 0.260 e. The van der Waals surface area contributed by atoms with Gasteiger partial charge in [0.1, 0.15) is 17.4 Å². The van der Waals surface area contributed by atoms with Crippen molar-refractivity contribution in [2.45, 2.75) is 44.6 Å². The van der Waals surface area contributed by atoms with Crippen LogP contribution in [0.2, 0.25) is 0 Å². The molecule has 4 rings (SSSR count). The summed E-state index contributed by atoms with van der Waals surface area (Å²) < 4.78 is 20.8. The van der Waals surface area contributed by atoms with Crippen molar-refractivity contribution in [2.75, 3.05) is 19.7 Å². The van der Waals surface area contributed by atoms with Gasteiger partial charge in [0.05, 0.1) is 0 Å². The lowest BCUT2D eigenvalue weighted by atomic mass is 9.85. The largest absolute Gasteiger partial charge is 0.484 e. The molecular formula is C21H26FN3O2. The van der Waals surface area contributed by atoms with Crippen LogP contribution in [0, 0.1) is 11.7 Å². The van der Waals surface area contributed by atoms with Crippen LogP contribution in [0.15, 0.2) is 36.7 Å². The summed E-state index contributed by atoms with van der Waals surface area (Å²) in [6.45, 7) is 2.47. The number of hydrogen-bond acceptors (Lipinski definition) is 3. The first kappa shape index (κ1) is 18.0. The Bertz CT molecular complexity index is 770. The number of likely N-dealkylation sites (tertiary alicyclic amines) is 1. The summed E-state index contributed by atoms with van der Waals surface area (Å²) in [5, 5.41) is 0. The number of ether oxygens (including phenoxy) is 1. The fourth-order valence-electron chi connectivity index (χ4n) is 3.97. The molecule has 144 valence electrons. The molecular weight excluding hydrogens is 345 g/mol. The van der Waals surface area contributed by atoms with Gasteiger partial charge in [-0.15, -0.1) is 0 Å². The molecule has 1 amide bonds. The van der Waals surface area contributed by atoms with Gasteiger partial charge in [0.15, 0.2) is 6.61 Å². The van der Waals surface area contributed by atoms with Gasteiger partial charge in [-0.1, -0.05) is 6.42 Å². The van der Waals surface area contributed by atoms with Gasteiger partial charge in [0.2, 0.25) is 0 Å². The molecule has 1 saturated heterocycles. The van der Waals surface area contributed by atoms with Gasteiger partial charge in [-0.05, 0) is 55.9 Å². The zero-order valence-electron chi connectivity index (χ0n) is 15.5. The van der Waals surface area contributed by atoms with E-state index in [0.717, 1.165) is 37.7 Å². The first-order valence-electron chi connectivity index (χ1n) is 9.86. The molecule has 1 aromatic heterocycles. The lowest BCUT2D eigenvalue weighted by Gasteiger charge is -2.33. The van der Waals surface area contributed by atoms with Crippen LogP contribution in [-0.4, -0.2) is 40.1 Å². The highest BCUT2D eigenvalue weighted by atomic mass is 19.1. The average molecular weight is 371 g/mol. The predicted molar refractivity (Wildman–Crippen MR) is 100 cm³/mol. The van der Waals surface area contributed by atoms with Crippen molar-refractivity contribution in [1.82, 2.24) is 14.5 Å². The van der Waals surface area contributed by atoms with E-state index in [-0.39, 0.29) is 24.2 Å². The van der Waals surface area contributed by atoms with Gasteiger partial charge >= 0.3 is 0 Å². The second kappa shape index (κ2) is 8.11. The number of halogens is 1. The van der Waals surface area contributed by atoms with E-state index in [2.05, 4.69) is 15.7 Å². The van der Waals surface area contributed by atoms with Gasteiger partial charge in [0.25, 0.3) is 5.91 Å². The lowest BCUT2D eigenvalue weighted by Crippen LogP contribution is -2.42. The molecule has 1 atom stereocenters. The molecule has 1 aromatic carbocycles. The fraction of sp³-hybridized carbons (Fsp3) is 0.524. The van der Waals surface area contributed by atoms with Crippen molar-refractivity contribution < 1.29 is 13.9 Å². The molecule has 1 saturated carbocycles. The van der Waals surface area contributed by atoms with Crippen LogP contribution >= 0.6 is 0 Å². The molecule has 1 aliphatic carbocycles. The topological polar surface area (TPSA) is 47.4 Å². The van der Waals surface area contributed by atoms with E-state index in [1.54, 1.807) is 12.1 Å². The van der Waals surface area contributed by atoms with Crippen molar-refractivity contribution in [1.29, 1.82) is 0 Å². The Morgan fingerprint density at radius 2 is 2.00 bits per heavy atom. The number of benzene rings is 1. The average Bonchev–Trinajstić information content (AvgIpc) is 3.12. The Kier molecular flexibility index (Phi) is 5.41. The fourth-order valence-corrected chi connectivity index (χ4v) is 3.97. The highest BCUT2D eigenvalue weighted by Gasteiger charge is 2.28. The Balaban J connectivity index is 1.34. The third-order valence-electron chi connectivity index (χ3n) is 5.74. The molecule has 2 heterocycles. The van der Waals surface area contributed by atoms with E-state index in [1.165, 1.54) is 31.4 Å².